The summed E-state index contributed by atoms with van der Waals surface area (Å²) in [5, 5.41) is 0. The van der Waals surface area contributed by atoms with Crippen molar-refractivity contribution in [1.29, 1.82) is 0 Å². The molecule has 0 N–H and O–H groups in total. The van der Waals surface area contributed by atoms with E-state index in [2.05, 4.69) is 34.7 Å². The van der Waals surface area contributed by atoms with E-state index in [1.165, 1.54) is 16.4 Å². The Bertz CT molecular complexity index is 331. The van der Waals surface area contributed by atoms with Crippen molar-refractivity contribution < 1.29 is 4.74 Å². The zero-order chi connectivity index (χ0) is 9.10. The fraction of sp³-hybridized carbons (Fsp3) is 0.273. The van der Waals surface area contributed by atoms with Gasteiger partial charge in [-0.15, -0.1) is 0 Å². The van der Waals surface area contributed by atoms with Gasteiger partial charge in [0, 0.05) is 6.42 Å². The van der Waals surface area contributed by atoms with E-state index in [9.17, 15) is 0 Å². The number of halogens is 1. The molecule has 0 saturated carbocycles. The molecule has 0 aliphatic heterocycles. The van der Waals surface area contributed by atoms with E-state index in [0.29, 0.717) is 0 Å². The highest BCUT2D eigenvalue weighted by Crippen LogP contribution is 2.26. The van der Waals surface area contributed by atoms with Crippen molar-refractivity contribution in [1.82, 2.24) is 0 Å². The second kappa shape index (κ2) is 4.13. The van der Waals surface area contributed by atoms with Gasteiger partial charge in [-0.25, -0.2) is 0 Å². The average Bonchev–Trinajstić information content (AvgIpc) is 2.61. The lowest BCUT2D eigenvalue weighted by Crippen LogP contribution is -1.93. The zero-order valence-corrected chi connectivity index (χ0v) is 9.45. The van der Waals surface area contributed by atoms with Crippen LogP contribution in [0.3, 0.4) is 0 Å². The van der Waals surface area contributed by atoms with E-state index in [1.54, 1.807) is 0 Å². The Kier molecular flexibility index (Phi) is 2.88. The summed E-state index contributed by atoms with van der Waals surface area (Å²) >= 11 is 2.29. The maximum atomic E-state index is 5.76. The lowest BCUT2D eigenvalue weighted by molar-refractivity contribution is 0.409. The molecular formula is C11H11IO. The van der Waals surface area contributed by atoms with E-state index < -0.39 is 0 Å². The molecule has 0 atom stereocenters. The van der Waals surface area contributed by atoms with Gasteiger partial charge in [-0.3, -0.25) is 0 Å². The van der Waals surface area contributed by atoms with Crippen molar-refractivity contribution in [2.75, 3.05) is 0 Å². The average molecular weight is 286 g/mol. The highest BCUT2D eigenvalue weighted by molar-refractivity contribution is 14.1. The van der Waals surface area contributed by atoms with Crippen molar-refractivity contribution in [3.8, 4) is 5.75 Å². The molecule has 2 rings (SSSR count). The fourth-order valence-electron chi connectivity index (χ4n) is 1.40. The van der Waals surface area contributed by atoms with Crippen LogP contribution in [0, 0.1) is 3.57 Å². The summed E-state index contributed by atoms with van der Waals surface area (Å²) in [6, 6.07) is 8.11. The van der Waals surface area contributed by atoms with Gasteiger partial charge in [-0.05, 0) is 53.6 Å². The first-order valence-electron chi connectivity index (χ1n) is 4.48. The van der Waals surface area contributed by atoms with E-state index in [4.69, 9.17) is 4.74 Å². The molecule has 1 aromatic rings. The first-order valence-corrected chi connectivity index (χ1v) is 5.55. The standard InChI is InChI=1S/C11H11IO/c12-10-7-3-4-8-11(10)13-9-5-1-2-6-9/h3-5,7-8H,1-2,6H2. The van der Waals surface area contributed by atoms with Crippen molar-refractivity contribution in [2.24, 2.45) is 0 Å². The second-order valence-corrected chi connectivity index (χ2v) is 4.26. The van der Waals surface area contributed by atoms with Gasteiger partial charge in [-0.1, -0.05) is 12.1 Å². The molecule has 1 aliphatic rings. The molecule has 2 heteroatoms. The van der Waals surface area contributed by atoms with Crippen LogP contribution in [0.5, 0.6) is 5.75 Å². The Labute approximate surface area is 91.9 Å². The third-order valence-corrected chi connectivity index (χ3v) is 2.97. The second-order valence-electron chi connectivity index (χ2n) is 3.10. The van der Waals surface area contributed by atoms with Crippen molar-refractivity contribution >= 4 is 22.6 Å². The molecule has 0 bridgehead atoms. The molecule has 1 aliphatic carbocycles. The number of benzene rings is 1. The highest BCUT2D eigenvalue weighted by Gasteiger charge is 2.07. The maximum Gasteiger partial charge on any atom is 0.140 e. The van der Waals surface area contributed by atoms with Gasteiger partial charge < -0.3 is 4.74 Å². The van der Waals surface area contributed by atoms with Gasteiger partial charge in [0.05, 0.1) is 3.57 Å². The molecule has 13 heavy (non-hydrogen) atoms. The molecule has 0 unspecified atom stereocenters. The van der Waals surface area contributed by atoms with E-state index >= 15 is 0 Å². The number of rotatable bonds is 2. The first-order chi connectivity index (χ1) is 6.36. The molecule has 0 heterocycles. The Hall–Kier alpha value is -0.510. The lowest BCUT2D eigenvalue weighted by Gasteiger charge is -2.07. The predicted molar refractivity (Wildman–Crippen MR) is 61.7 cm³/mol. The molecule has 0 aromatic heterocycles. The minimum atomic E-state index is 0.983. The Morgan fingerprint density at radius 1 is 1.23 bits per heavy atom. The van der Waals surface area contributed by atoms with Gasteiger partial charge in [-0.2, -0.15) is 0 Å². The number of allylic oxidation sites excluding steroid dienone is 2. The van der Waals surface area contributed by atoms with Crippen LogP contribution in [0.25, 0.3) is 0 Å². The van der Waals surface area contributed by atoms with Crippen LogP contribution in [-0.4, -0.2) is 0 Å². The van der Waals surface area contributed by atoms with Gasteiger partial charge in [0.2, 0.25) is 0 Å². The largest absolute Gasteiger partial charge is 0.461 e. The minimum absolute atomic E-state index is 0.983. The van der Waals surface area contributed by atoms with E-state index in [-0.39, 0.29) is 0 Å². The van der Waals surface area contributed by atoms with Gasteiger partial charge in [0.1, 0.15) is 11.5 Å². The van der Waals surface area contributed by atoms with Gasteiger partial charge in [0.25, 0.3) is 0 Å². The normalized spacial score (nSPS) is 15.6. The summed E-state index contributed by atoms with van der Waals surface area (Å²) in [7, 11) is 0. The van der Waals surface area contributed by atoms with Crippen LogP contribution in [0.1, 0.15) is 19.3 Å². The number of para-hydroxylation sites is 1. The smallest absolute Gasteiger partial charge is 0.140 e. The zero-order valence-electron chi connectivity index (χ0n) is 7.29. The van der Waals surface area contributed by atoms with Crippen LogP contribution >= 0.6 is 22.6 Å². The van der Waals surface area contributed by atoms with Crippen LogP contribution in [0.4, 0.5) is 0 Å². The van der Waals surface area contributed by atoms with Gasteiger partial charge in [0.15, 0.2) is 0 Å². The van der Waals surface area contributed by atoms with E-state index in [1.807, 2.05) is 18.2 Å². The quantitative estimate of drug-likeness (QED) is 0.753. The summed E-state index contributed by atoms with van der Waals surface area (Å²) in [6.07, 6.45) is 5.67. The summed E-state index contributed by atoms with van der Waals surface area (Å²) < 4.78 is 6.93. The highest BCUT2D eigenvalue weighted by atomic mass is 127. The summed E-state index contributed by atoms with van der Waals surface area (Å²) in [4.78, 5) is 0. The Balaban J connectivity index is 2.13. The summed E-state index contributed by atoms with van der Waals surface area (Å²) in [6.45, 7) is 0. The number of hydrogen-bond donors (Lipinski definition) is 0. The van der Waals surface area contributed by atoms with Crippen LogP contribution in [0.2, 0.25) is 0 Å². The Morgan fingerprint density at radius 3 is 2.77 bits per heavy atom. The minimum Gasteiger partial charge on any atom is -0.461 e. The monoisotopic (exact) mass is 286 g/mol. The number of ether oxygens (including phenoxy) is 1. The molecule has 0 fully saturated rings. The van der Waals surface area contributed by atoms with Crippen molar-refractivity contribution in [3.05, 3.63) is 39.7 Å². The molecule has 0 spiro atoms. The van der Waals surface area contributed by atoms with Crippen LogP contribution in [0.15, 0.2) is 36.1 Å². The lowest BCUT2D eigenvalue weighted by atomic mass is 10.3. The van der Waals surface area contributed by atoms with Crippen molar-refractivity contribution in [2.45, 2.75) is 19.3 Å². The third kappa shape index (κ3) is 2.24. The number of hydrogen-bond acceptors (Lipinski definition) is 1. The topological polar surface area (TPSA) is 9.23 Å². The van der Waals surface area contributed by atoms with E-state index in [0.717, 1.165) is 17.9 Å². The third-order valence-electron chi connectivity index (χ3n) is 2.08. The molecule has 0 amide bonds. The molecule has 0 radical (unpaired) electrons. The summed E-state index contributed by atoms with van der Waals surface area (Å²) in [5.41, 5.74) is 0. The fourth-order valence-corrected chi connectivity index (χ4v) is 1.90. The molecular weight excluding hydrogens is 275 g/mol. The molecule has 1 aromatic carbocycles. The van der Waals surface area contributed by atoms with Crippen molar-refractivity contribution in [3.63, 3.8) is 0 Å². The van der Waals surface area contributed by atoms with Gasteiger partial charge >= 0.3 is 0 Å². The maximum absolute atomic E-state index is 5.76. The first kappa shape index (κ1) is 9.06. The molecule has 68 valence electrons. The molecule has 0 saturated heterocycles. The SMILES string of the molecule is Ic1ccccc1OC1=CCCC1. The van der Waals surface area contributed by atoms with Crippen LogP contribution in [-0.2, 0) is 0 Å². The van der Waals surface area contributed by atoms with Crippen LogP contribution < -0.4 is 4.74 Å². The summed E-state index contributed by atoms with van der Waals surface area (Å²) in [5.74, 6) is 2.11. The Morgan fingerprint density at radius 2 is 2.08 bits per heavy atom. The molecule has 1 nitrogen and oxygen atoms in total. The predicted octanol–water partition coefficient (Wildman–Crippen LogP) is 3.74.